The molecule has 2 saturated carbocycles. The van der Waals surface area contributed by atoms with Crippen LogP contribution >= 0.6 is 0 Å². The fraction of sp³-hybridized carbons (Fsp3) is 0.737. The molecular formula is C19H30N4O. The maximum atomic E-state index is 6.45. The first-order chi connectivity index (χ1) is 11.4. The number of nitrogens with zero attached hydrogens (tertiary/aromatic N) is 2. The molecule has 132 valence electrons. The second-order valence-electron chi connectivity index (χ2n) is 8.41. The van der Waals surface area contributed by atoms with Crippen molar-refractivity contribution in [2.75, 3.05) is 23.3 Å². The highest BCUT2D eigenvalue weighted by atomic mass is 16.5. The zero-order valence-corrected chi connectivity index (χ0v) is 15.1. The number of hydrogen-bond acceptors (Lipinski definition) is 5. The molecule has 1 aromatic heterocycles. The van der Waals surface area contributed by atoms with Crippen LogP contribution in [0, 0.1) is 6.92 Å². The van der Waals surface area contributed by atoms with E-state index in [1.165, 1.54) is 18.5 Å². The number of nitrogens with one attached hydrogen (secondary N) is 1. The van der Waals surface area contributed by atoms with Gasteiger partial charge in [-0.2, -0.15) is 0 Å². The van der Waals surface area contributed by atoms with E-state index in [9.17, 15) is 0 Å². The lowest BCUT2D eigenvalue weighted by molar-refractivity contribution is -0.00546. The van der Waals surface area contributed by atoms with Crippen LogP contribution in [0.5, 0.6) is 0 Å². The normalized spacial score (nSPS) is 38.6. The number of anilines is 2. The average molecular weight is 330 g/mol. The summed E-state index contributed by atoms with van der Waals surface area (Å²) in [5.74, 6) is 1.06. The maximum absolute atomic E-state index is 6.45. The Morgan fingerprint density at radius 3 is 2.38 bits per heavy atom. The number of rotatable bonds is 3. The summed E-state index contributed by atoms with van der Waals surface area (Å²) in [4.78, 5) is 7.22. The zero-order valence-electron chi connectivity index (χ0n) is 15.1. The Kier molecular flexibility index (Phi) is 3.77. The molecule has 3 fully saturated rings. The molecule has 1 aliphatic heterocycles. The van der Waals surface area contributed by atoms with Gasteiger partial charge in [0.25, 0.3) is 0 Å². The molecule has 24 heavy (non-hydrogen) atoms. The summed E-state index contributed by atoms with van der Waals surface area (Å²) in [6.07, 6.45) is 6.26. The summed E-state index contributed by atoms with van der Waals surface area (Å²) in [5.41, 5.74) is 8.97. The van der Waals surface area contributed by atoms with Gasteiger partial charge in [0.2, 0.25) is 0 Å². The molecule has 5 heteroatoms. The number of nitrogens with two attached hydrogens (primary N) is 1. The van der Waals surface area contributed by atoms with Crippen molar-refractivity contribution >= 4 is 11.5 Å². The van der Waals surface area contributed by atoms with Gasteiger partial charge in [-0.1, -0.05) is 0 Å². The van der Waals surface area contributed by atoms with Crippen molar-refractivity contribution in [3.63, 3.8) is 0 Å². The van der Waals surface area contributed by atoms with Crippen molar-refractivity contribution in [1.29, 1.82) is 0 Å². The van der Waals surface area contributed by atoms with Gasteiger partial charge < -0.3 is 20.7 Å². The fourth-order valence-corrected chi connectivity index (χ4v) is 4.93. The van der Waals surface area contributed by atoms with E-state index in [1.807, 2.05) is 0 Å². The number of aromatic nitrogens is 1. The minimum atomic E-state index is 0.0777. The first-order valence-electron chi connectivity index (χ1n) is 9.32. The topological polar surface area (TPSA) is 63.4 Å². The van der Waals surface area contributed by atoms with Gasteiger partial charge in [-0.3, -0.25) is 0 Å². The second kappa shape index (κ2) is 5.60. The molecule has 0 spiro atoms. The Hall–Kier alpha value is -1.33. The van der Waals surface area contributed by atoms with Gasteiger partial charge in [0.15, 0.2) is 0 Å². The van der Waals surface area contributed by atoms with E-state index in [4.69, 9.17) is 15.5 Å². The molecule has 0 amide bonds. The van der Waals surface area contributed by atoms with Gasteiger partial charge >= 0.3 is 0 Å². The summed E-state index contributed by atoms with van der Waals surface area (Å²) in [6, 6.07) is 4.35. The molecule has 3 aliphatic rings. The number of ether oxygens (including phenoxy) is 1. The fourth-order valence-electron chi connectivity index (χ4n) is 4.93. The zero-order chi connectivity index (χ0) is 16.9. The van der Waals surface area contributed by atoms with Gasteiger partial charge in [0, 0.05) is 24.2 Å². The Bertz CT molecular complexity index is 614. The molecule has 2 atom stereocenters. The first-order valence-corrected chi connectivity index (χ1v) is 9.32. The Balaban J connectivity index is 1.51. The lowest BCUT2D eigenvalue weighted by atomic mass is 9.91. The predicted octanol–water partition coefficient (Wildman–Crippen LogP) is 2.83. The van der Waals surface area contributed by atoms with E-state index in [-0.39, 0.29) is 23.3 Å². The van der Waals surface area contributed by atoms with Crippen LogP contribution in [0.4, 0.5) is 11.5 Å². The highest BCUT2D eigenvalue weighted by molar-refractivity contribution is 5.56. The van der Waals surface area contributed by atoms with Crippen molar-refractivity contribution in [1.82, 2.24) is 4.98 Å². The third-order valence-electron chi connectivity index (χ3n) is 6.11. The van der Waals surface area contributed by atoms with Crippen LogP contribution in [0.25, 0.3) is 0 Å². The third kappa shape index (κ3) is 2.88. The van der Waals surface area contributed by atoms with Gasteiger partial charge in [-0.15, -0.1) is 0 Å². The largest absolute Gasteiger partial charge is 0.378 e. The third-order valence-corrected chi connectivity index (χ3v) is 6.11. The van der Waals surface area contributed by atoms with Crippen LogP contribution in [-0.2, 0) is 4.74 Å². The van der Waals surface area contributed by atoms with Gasteiger partial charge in [0.05, 0.1) is 23.6 Å². The number of hydrogen-bond donors (Lipinski definition) is 2. The van der Waals surface area contributed by atoms with Gasteiger partial charge in [0.1, 0.15) is 5.82 Å². The molecule has 2 aliphatic carbocycles. The van der Waals surface area contributed by atoms with Gasteiger partial charge in [-0.25, -0.2) is 4.98 Å². The average Bonchev–Trinajstić information content (AvgIpc) is 3.02. The highest BCUT2D eigenvalue weighted by Crippen LogP contribution is 2.50. The van der Waals surface area contributed by atoms with Crippen molar-refractivity contribution < 1.29 is 4.74 Å². The number of pyridine rings is 1. The van der Waals surface area contributed by atoms with E-state index in [1.54, 1.807) is 0 Å². The lowest BCUT2D eigenvalue weighted by Gasteiger charge is -2.36. The monoisotopic (exact) mass is 330 g/mol. The molecule has 1 saturated heterocycles. The molecule has 4 rings (SSSR count). The molecule has 3 N–H and O–H groups in total. The Morgan fingerprint density at radius 2 is 1.83 bits per heavy atom. The second-order valence-corrected chi connectivity index (χ2v) is 8.41. The van der Waals surface area contributed by atoms with Crippen molar-refractivity contribution in [3.8, 4) is 0 Å². The highest BCUT2D eigenvalue weighted by Gasteiger charge is 2.52. The molecule has 0 aromatic carbocycles. The van der Waals surface area contributed by atoms with Crippen LogP contribution in [0.15, 0.2) is 12.1 Å². The SMILES string of the molecule is Cc1nc(N2CC(C)OC(C)C2)ccc1NC12CCC(N)(CC1)C2. The molecule has 2 unspecified atom stereocenters. The quantitative estimate of drug-likeness (QED) is 0.892. The van der Waals surface area contributed by atoms with E-state index in [0.717, 1.165) is 43.9 Å². The van der Waals surface area contributed by atoms with Crippen LogP contribution < -0.4 is 16.0 Å². The minimum absolute atomic E-state index is 0.0777. The van der Waals surface area contributed by atoms with Crippen LogP contribution in [0.1, 0.15) is 51.6 Å². The van der Waals surface area contributed by atoms with Gasteiger partial charge in [-0.05, 0) is 65.0 Å². The predicted molar refractivity (Wildman–Crippen MR) is 97.6 cm³/mol. The first kappa shape index (κ1) is 16.2. The van der Waals surface area contributed by atoms with E-state index >= 15 is 0 Å². The molecule has 1 aromatic rings. The Labute approximate surface area is 145 Å². The number of fused-ring (bicyclic) bond motifs is 2. The lowest BCUT2D eigenvalue weighted by Crippen LogP contribution is -2.45. The summed E-state index contributed by atoms with van der Waals surface area (Å²) >= 11 is 0. The van der Waals surface area contributed by atoms with Crippen LogP contribution in [0.3, 0.4) is 0 Å². The molecule has 2 heterocycles. The Morgan fingerprint density at radius 1 is 1.17 bits per heavy atom. The molecular weight excluding hydrogens is 300 g/mol. The van der Waals surface area contributed by atoms with Crippen molar-refractivity contribution in [2.45, 2.75) is 76.2 Å². The summed E-state index contributed by atoms with van der Waals surface area (Å²) in [6.45, 7) is 8.18. The van der Waals surface area contributed by atoms with E-state index < -0.39 is 0 Å². The number of morpholine rings is 1. The molecule has 5 nitrogen and oxygen atoms in total. The minimum Gasteiger partial charge on any atom is -0.378 e. The maximum Gasteiger partial charge on any atom is 0.129 e. The summed E-state index contributed by atoms with van der Waals surface area (Å²) in [7, 11) is 0. The summed E-state index contributed by atoms with van der Waals surface area (Å²) in [5, 5.41) is 3.80. The molecule has 2 bridgehead atoms. The van der Waals surface area contributed by atoms with Crippen LogP contribution in [0.2, 0.25) is 0 Å². The van der Waals surface area contributed by atoms with E-state index in [0.29, 0.717) is 0 Å². The number of aryl methyl sites for hydroxylation is 1. The van der Waals surface area contributed by atoms with Crippen molar-refractivity contribution in [3.05, 3.63) is 17.8 Å². The summed E-state index contributed by atoms with van der Waals surface area (Å²) < 4.78 is 5.83. The smallest absolute Gasteiger partial charge is 0.129 e. The van der Waals surface area contributed by atoms with Crippen LogP contribution in [-0.4, -0.2) is 41.4 Å². The standard InChI is InChI=1S/C19H30N4O/c1-13-10-23(11-14(2)24-13)17-5-4-16(15(3)21-17)22-19-8-6-18(20,12-19)7-9-19/h4-5,13-14,22H,6-12,20H2,1-3H3. The van der Waals surface area contributed by atoms with E-state index in [2.05, 4.69) is 43.1 Å². The van der Waals surface area contributed by atoms with Crippen molar-refractivity contribution in [2.24, 2.45) is 5.73 Å². The molecule has 0 radical (unpaired) electrons.